The normalized spacial score (nSPS) is 12.6. The first-order valence-electron chi connectivity index (χ1n) is 4.88. The van der Waals surface area contributed by atoms with Crippen LogP contribution in [0.15, 0.2) is 36.0 Å². The summed E-state index contributed by atoms with van der Waals surface area (Å²) in [5.41, 5.74) is 5.39. The van der Waals surface area contributed by atoms with Gasteiger partial charge in [0.05, 0.1) is 11.6 Å². The van der Waals surface area contributed by atoms with Gasteiger partial charge in [-0.3, -0.25) is 16.3 Å². The lowest BCUT2D eigenvalue weighted by atomic mass is 10.1. The van der Waals surface area contributed by atoms with E-state index in [4.69, 9.17) is 5.84 Å². The lowest BCUT2D eigenvalue weighted by molar-refractivity contribution is 0.556. The molecule has 0 radical (unpaired) electrons. The molecule has 1 aromatic carbocycles. The van der Waals surface area contributed by atoms with Crippen molar-refractivity contribution in [2.45, 2.75) is 12.5 Å². The smallest absolute Gasteiger partial charge is 0.123 e. The average molecular weight is 237 g/mol. The Morgan fingerprint density at radius 2 is 2.38 bits per heavy atom. The van der Waals surface area contributed by atoms with Crippen molar-refractivity contribution in [3.63, 3.8) is 0 Å². The van der Waals surface area contributed by atoms with E-state index in [1.807, 2.05) is 6.07 Å². The number of rotatable bonds is 4. The van der Waals surface area contributed by atoms with Gasteiger partial charge in [-0.25, -0.2) is 4.39 Å². The van der Waals surface area contributed by atoms with Crippen LogP contribution < -0.4 is 11.3 Å². The van der Waals surface area contributed by atoms with Crippen molar-refractivity contribution in [2.24, 2.45) is 5.84 Å². The first kappa shape index (κ1) is 11.2. The highest BCUT2D eigenvalue weighted by molar-refractivity contribution is 7.09. The van der Waals surface area contributed by atoms with Crippen LogP contribution in [0.2, 0.25) is 0 Å². The van der Waals surface area contributed by atoms with E-state index in [9.17, 15) is 4.39 Å². The highest BCUT2D eigenvalue weighted by Gasteiger charge is 2.12. The molecule has 2 aromatic rings. The maximum atomic E-state index is 13.0. The molecule has 84 valence electrons. The fourth-order valence-electron chi connectivity index (χ4n) is 1.54. The minimum atomic E-state index is -0.224. The molecule has 0 aliphatic rings. The number of nitrogens with two attached hydrogens (primary N) is 1. The Morgan fingerprint density at radius 1 is 1.50 bits per heavy atom. The van der Waals surface area contributed by atoms with Crippen LogP contribution in [0, 0.1) is 5.82 Å². The molecule has 2 rings (SSSR count). The summed E-state index contributed by atoms with van der Waals surface area (Å²) >= 11 is 1.53. The van der Waals surface area contributed by atoms with Gasteiger partial charge in [-0.1, -0.05) is 12.1 Å². The summed E-state index contributed by atoms with van der Waals surface area (Å²) in [5.74, 6) is 5.26. The highest BCUT2D eigenvalue weighted by Crippen LogP contribution is 2.21. The molecule has 0 bridgehead atoms. The lowest BCUT2D eigenvalue weighted by Crippen LogP contribution is -2.28. The zero-order chi connectivity index (χ0) is 11.4. The fourth-order valence-corrected chi connectivity index (χ4v) is 2.22. The van der Waals surface area contributed by atoms with Crippen molar-refractivity contribution >= 4 is 11.3 Å². The van der Waals surface area contributed by atoms with Crippen molar-refractivity contribution in [3.8, 4) is 0 Å². The van der Waals surface area contributed by atoms with Gasteiger partial charge in [0.2, 0.25) is 0 Å². The zero-order valence-electron chi connectivity index (χ0n) is 8.56. The Labute approximate surface area is 97.1 Å². The molecule has 0 spiro atoms. The molecule has 0 saturated heterocycles. The summed E-state index contributed by atoms with van der Waals surface area (Å²) in [6.07, 6.45) is 2.42. The molecule has 16 heavy (non-hydrogen) atoms. The summed E-state index contributed by atoms with van der Waals surface area (Å²) in [6.45, 7) is 0. The summed E-state index contributed by atoms with van der Waals surface area (Å²) in [7, 11) is 0. The summed E-state index contributed by atoms with van der Waals surface area (Å²) in [6, 6.07) is 6.51. The number of nitrogens with one attached hydrogen (secondary N) is 1. The van der Waals surface area contributed by atoms with Crippen LogP contribution >= 0.6 is 11.3 Å². The monoisotopic (exact) mass is 237 g/mol. The number of nitrogens with zero attached hydrogens (tertiary/aromatic N) is 1. The van der Waals surface area contributed by atoms with Crippen LogP contribution in [0.25, 0.3) is 0 Å². The van der Waals surface area contributed by atoms with E-state index in [0.717, 1.165) is 10.4 Å². The molecular weight excluding hydrogens is 225 g/mol. The molecule has 3 nitrogen and oxygen atoms in total. The topological polar surface area (TPSA) is 50.9 Å². The van der Waals surface area contributed by atoms with E-state index >= 15 is 0 Å². The van der Waals surface area contributed by atoms with Gasteiger partial charge >= 0.3 is 0 Å². The Morgan fingerprint density at radius 3 is 3.00 bits per heavy atom. The van der Waals surface area contributed by atoms with Crippen LogP contribution in [0.5, 0.6) is 0 Å². The van der Waals surface area contributed by atoms with Crippen LogP contribution in [0.4, 0.5) is 4.39 Å². The van der Waals surface area contributed by atoms with Crippen molar-refractivity contribution < 1.29 is 4.39 Å². The van der Waals surface area contributed by atoms with Crippen LogP contribution in [0.3, 0.4) is 0 Å². The largest absolute Gasteiger partial charge is 0.271 e. The third-order valence-corrected chi connectivity index (χ3v) is 3.21. The van der Waals surface area contributed by atoms with E-state index in [0.29, 0.717) is 6.42 Å². The standard InChI is InChI=1S/C11H12FN3S/c12-9-3-1-2-8(4-9)5-10(15-13)11-6-14-7-16-11/h1-4,6-7,10,15H,5,13H2. The van der Waals surface area contributed by atoms with E-state index < -0.39 is 0 Å². The second-order valence-corrected chi connectivity index (χ2v) is 4.38. The minimum absolute atomic E-state index is 0.0192. The highest BCUT2D eigenvalue weighted by atomic mass is 32.1. The molecule has 0 saturated carbocycles. The molecule has 0 aliphatic heterocycles. The Bertz CT molecular complexity index is 444. The number of hydrogen-bond donors (Lipinski definition) is 2. The van der Waals surface area contributed by atoms with Crippen molar-refractivity contribution in [1.82, 2.24) is 10.4 Å². The maximum absolute atomic E-state index is 13.0. The molecule has 0 amide bonds. The first-order valence-corrected chi connectivity index (χ1v) is 5.76. The van der Waals surface area contributed by atoms with E-state index in [1.54, 1.807) is 17.8 Å². The molecule has 1 unspecified atom stereocenters. The second-order valence-electron chi connectivity index (χ2n) is 3.46. The maximum Gasteiger partial charge on any atom is 0.123 e. The summed E-state index contributed by atoms with van der Waals surface area (Å²) in [5, 5.41) is 0. The fraction of sp³-hybridized carbons (Fsp3) is 0.182. The van der Waals surface area contributed by atoms with Gasteiger partial charge < -0.3 is 0 Å². The summed E-state index contributed by atoms with van der Waals surface area (Å²) < 4.78 is 13.0. The molecular formula is C11H12FN3S. The van der Waals surface area contributed by atoms with Gasteiger partial charge in [0.15, 0.2) is 0 Å². The Hall–Kier alpha value is -1.30. The van der Waals surface area contributed by atoms with Gasteiger partial charge in [-0.15, -0.1) is 11.3 Å². The molecule has 5 heteroatoms. The molecule has 1 heterocycles. The van der Waals surface area contributed by atoms with Crippen molar-refractivity contribution in [2.75, 3.05) is 0 Å². The van der Waals surface area contributed by atoms with Gasteiger partial charge in [0.25, 0.3) is 0 Å². The molecule has 0 aliphatic carbocycles. The van der Waals surface area contributed by atoms with E-state index in [-0.39, 0.29) is 11.9 Å². The quantitative estimate of drug-likeness (QED) is 0.632. The number of thiazole rings is 1. The van der Waals surface area contributed by atoms with Crippen LogP contribution in [-0.2, 0) is 6.42 Å². The van der Waals surface area contributed by atoms with Gasteiger partial charge in [-0.05, 0) is 24.1 Å². The molecule has 0 fully saturated rings. The van der Waals surface area contributed by atoms with Crippen LogP contribution in [-0.4, -0.2) is 4.98 Å². The summed E-state index contributed by atoms with van der Waals surface area (Å²) in [4.78, 5) is 5.05. The number of benzene rings is 1. The number of aromatic nitrogens is 1. The van der Waals surface area contributed by atoms with Gasteiger partial charge in [-0.2, -0.15) is 0 Å². The predicted molar refractivity (Wildman–Crippen MR) is 62.3 cm³/mol. The Kier molecular flexibility index (Phi) is 3.61. The van der Waals surface area contributed by atoms with Crippen molar-refractivity contribution in [3.05, 3.63) is 52.2 Å². The van der Waals surface area contributed by atoms with E-state index in [2.05, 4.69) is 10.4 Å². The molecule has 1 aromatic heterocycles. The SMILES string of the molecule is NNC(Cc1cccc(F)c1)c1cncs1. The Balaban J connectivity index is 2.13. The first-order chi connectivity index (χ1) is 7.79. The van der Waals surface area contributed by atoms with Crippen LogP contribution in [0.1, 0.15) is 16.5 Å². The zero-order valence-corrected chi connectivity index (χ0v) is 9.38. The third-order valence-electron chi connectivity index (χ3n) is 2.32. The van der Waals surface area contributed by atoms with Crippen molar-refractivity contribution in [1.29, 1.82) is 0 Å². The molecule has 1 atom stereocenters. The molecule has 3 N–H and O–H groups in total. The number of hydrogen-bond acceptors (Lipinski definition) is 4. The average Bonchev–Trinajstić information content (AvgIpc) is 2.79. The van der Waals surface area contributed by atoms with E-state index in [1.165, 1.54) is 23.5 Å². The second kappa shape index (κ2) is 5.16. The lowest BCUT2D eigenvalue weighted by Gasteiger charge is -2.13. The van der Waals surface area contributed by atoms with Gasteiger partial charge in [0, 0.05) is 11.1 Å². The predicted octanol–water partition coefficient (Wildman–Crippen LogP) is 2.03. The van der Waals surface area contributed by atoms with Gasteiger partial charge in [0.1, 0.15) is 5.82 Å². The third kappa shape index (κ3) is 2.63. The minimum Gasteiger partial charge on any atom is -0.271 e. The number of hydrazine groups is 1. The number of halogens is 1.